The van der Waals surface area contributed by atoms with Gasteiger partial charge in [0.1, 0.15) is 0 Å². The van der Waals surface area contributed by atoms with Crippen LogP contribution < -0.4 is 15.9 Å². The van der Waals surface area contributed by atoms with Crippen LogP contribution in [0, 0.1) is 0 Å². The molecule has 2 heterocycles. The van der Waals surface area contributed by atoms with E-state index in [4.69, 9.17) is 4.98 Å². The molecule has 0 bridgehead atoms. The number of H-pyrrole nitrogens is 1. The molecule has 5 rings (SSSR count). The maximum absolute atomic E-state index is 4.97. The average Bonchev–Trinajstić information content (AvgIpc) is 3.26. The van der Waals surface area contributed by atoms with Crippen LogP contribution in [-0.4, -0.2) is 15.0 Å². The third kappa shape index (κ3) is 3.03. The monoisotopic (exact) mass is 409 g/mol. The SMILES string of the molecule is CC(c1nc2cccnc2[nH]1)[PH](c1ccccc1)(c1ccccc1)c1ccccc1. The molecule has 148 valence electrons. The van der Waals surface area contributed by atoms with Crippen molar-refractivity contribution in [3.05, 3.63) is 115 Å². The van der Waals surface area contributed by atoms with Crippen LogP contribution in [0.25, 0.3) is 11.2 Å². The molecule has 0 amide bonds. The van der Waals surface area contributed by atoms with Crippen molar-refractivity contribution < 1.29 is 0 Å². The topological polar surface area (TPSA) is 41.6 Å². The summed E-state index contributed by atoms with van der Waals surface area (Å²) in [4.78, 5) is 13.0. The van der Waals surface area contributed by atoms with Crippen molar-refractivity contribution in [1.82, 2.24) is 15.0 Å². The average molecular weight is 409 g/mol. The van der Waals surface area contributed by atoms with E-state index in [0.29, 0.717) is 0 Å². The molecule has 3 aromatic carbocycles. The number of nitrogens with zero attached hydrogens (tertiary/aromatic N) is 2. The summed E-state index contributed by atoms with van der Waals surface area (Å²) >= 11 is 0. The van der Waals surface area contributed by atoms with E-state index in [1.807, 2.05) is 18.3 Å². The fourth-order valence-electron chi connectivity index (χ4n) is 4.63. The fourth-order valence-corrected chi connectivity index (χ4v) is 9.83. The van der Waals surface area contributed by atoms with Crippen LogP contribution >= 0.6 is 7.26 Å². The molecule has 0 fully saturated rings. The van der Waals surface area contributed by atoms with E-state index in [1.54, 1.807) is 0 Å². The summed E-state index contributed by atoms with van der Waals surface area (Å²) in [5.74, 6) is 0.993. The van der Waals surface area contributed by atoms with Crippen LogP contribution in [0.3, 0.4) is 0 Å². The van der Waals surface area contributed by atoms with Crippen molar-refractivity contribution >= 4 is 34.3 Å². The van der Waals surface area contributed by atoms with Crippen LogP contribution in [-0.2, 0) is 0 Å². The quantitative estimate of drug-likeness (QED) is 0.426. The molecule has 3 nitrogen and oxygen atoms in total. The van der Waals surface area contributed by atoms with Gasteiger partial charge in [0.15, 0.2) is 0 Å². The van der Waals surface area contributed by atoms with Gasteiger partial charge in [-0.3, -0.25) is 0 Å². The van der Waals surface area contributed by atoms with Gasteiger partial charge in [0.2, 0.25) is 0 Å². The minimum absolute atomic E-state index is 0.180. The van der Waals surface area contributed by atoms with Crippen molar-refractivity contribution in [2.75, 3.05) is 0 Å². The number of imidazole rings is 1. The Hall–Kier alpha value is -3.29. The molecular weight excluding hydrogens is 385 g/mol. The molecule has 1 unspecified atom stereocenters. The van der Waals surface area contributed by atoms with Gasteiger partial charge < -0.3 is 0 Å². The Morgan fingerprint density at radius 1 is 0.667 bits per heavy atom. The summed E-state index contributed by atoms with van der Waals surface area (Å²) in [5.41, 5.74) is 1.94. The zero-order valence-electron chi connectivity index (χ0n) is 16.9. The van der Waals surface area contributed by atoms with Crippen molar-refractivity contribution in [3.63, 3.8) is 0 Å². The van der Waals surface area contributed by atoms with Gasteiger partial charge >= 0.3 is 177 Å². The standard InChI is InChI=1S/C26H24N3P/c1-20(25-28-24-18-11-19-27-26(24)29-25)30(21-12-5-2-6-13-21,22-14-7-3-8-15-22)23-16-9-4-10-17-23/h2-20,30H,1H3,(H,27,28,29). The Balaban J connectivity index is 1.83. The van der Waals surface area contributed by atoms with E-state index in [-0.39, 0.29) is 5.66 Å². The Morgan fingerprint density at radius 2 is 1.17 bits per heavy atom. The van der Waals surface area contributed by atoms with E-state index < -0.39 is 7.26 Å². The summed E-state index contributed by atoms with van der Waals surface area (Å²) in [6.45, 7) is 2.32. The van der Waals surface area contributed by atoms with E-state index in [0.717, 1.165) is 17.0 Å². The summed E-state index contributed by atoms with van der Waals surface area (Å²) in [6, 6.07) is 36.8. The molecule has 1 atom stereocenters. The number of pyridine rings is 1. The van der Waals surface area contributed by atoms with Crippen LogP contribution in [0.15, 0.2) is 109 Å². The van der Waals surface area contributed by atoms with Gasteiger partial charge in [-0.25, -0.2) is 0 Å². The number of hydrogen-bond acceptors (Lipinski definition) is 2. The first kappa shape index (κ1) is 18.7. The number of aromatic nitrogens is 3. The number of nitrogens with one attached hydrogen (secondary N) is 1. The summed E-state index contributed by atoms with van der Waals surface area (Å²) in [7, 11) is -2.45. The Bertz CT molecular complexity index is 1120. The first-order valence-corrected chi connectivity index (χ1v) is 12.3. The van der Waals surface area contributed by atoms with Gasteiger partial charge in [0, 0.05) is 0 Å². The molecule has 2 aromatic heterocycles. The molecule has 0 aliphatic rings. The van der Waals surface area contributed by atoms with E-state index in [2.05, 4.69) is 108 Å². The van der Waals surface area contributed by atoms with Gasteiger partial charge in [0.05, 0.1) is 0 Å². The van der Waals surface area contributed by atoms with E-state index in [1.165, 1.54) is 15.9 Å². The van der Waals surface area contributed by atoms with Gasteiger partial charge in [0.25, 0.3) is 0 Å². The van der Waals surface area contributed by atoms with Crippen molar-refractivity contribution in [2.45, 2.75) is 12.6 Å². The molecular formula is C26H24N3P. The van der Waals surface area contributed by atoms with E-state index >= 15 is 0 Å². The van der Waals surface area contributed by atoms with Crippen LogP contribution in [0.1, 0.15) is 18.4 Å². The third-order valence-corrected chi connectivity index (χ3v) is 11.3. The summed E-state index contributed by atoms with van der Waals surface area (Å²) < 4.78 is 0. The molecule has 0 radical (unpaired) electrons. The molecule has 5 aromatic rings. The molecule has 0 saturated heterocycles. The van der Waals surface area contributed by atoms with Crippen molar-refractivity contribution in [3.8, 4) is 0 Å². The first-order chi connectivity index (χ1) is 14.8. The Labute approximate surface area is 177 Å². The number of aromatic amines is 1. The van der Waals surface area contributed by atoms with Gasteiger partial charge in [-0.2, -0.15) is 0 Å². The zero-order chi connectivity index (χ0) is 20.4. The summed E-state index contributed by atoms with van der Waals surface area (Å²) in [5, 5.41) is 4.13. The predicted octanol–water partition coefficient (Wildman–Crippen LogP) is 4.75. The second-order valence-electron chi connectivity index (χ2n) is 7.62. The molecule has 0 saturated carbocycles. The normalized spacial score (nSPS) is 13.2. The number of fused-ring (bicyclic) bond motifs is 1. The molecule has 1 N–H and O–H groups in total. The van der Waals surface area contributed by atoms with E-state index in [9.17, 15) is 0 Å². The summed E-state index contributed by atoms with van der Waals surface area (Å²) in [6.07, 6.45) is 1.81. The van der Waals surface area contributed by atoms with Gasteiger partial charge in [-0.05, 0) is 0 Å². The third-order valence-electron chi connectivity index (χ3n) is 6.02. The maximum atomic E-state index is 4.97. The second-order valence-corrected chi connectivity index (χ2v) is 11.8. The fraction of sp³-hybridized carbons (Fsp3) is 0.0769. The molecule has 30 heavy (non-hydrogen) atoms. The number of hydrogen-bond donors (Lipinski definition) is 1. The van der Waals surface area contributed by atoms with Crippen molar-refractivity contribution in [1.29, 1.82) is 0 Å². The zero-order valence-corrected chi connectivity index (χ0v) is 17.9. The number of rotatable bonds is 5. The molecule has 4 heteroatoms. The van der Waals surface area contributed by atoms with Gasteiger partial charge in [-0.1, -0.05) is 0 Å². The minimum atomic E-state index is -2.45. The van der Waals surface area contributed by atoms with Crippen LogP contribution in [0.5, 0.6) is 0 Å². The predicted molar refractivity (Wildman–Crippen MR) is 129 cm³/mol. The van der Waals surface area contributed by atoms with Crippen molar-refractivity contribution in [2.24, 2.45) is 0 Å². The number of benzene rings is 3. The Morgan fingerprint density at radius 3 is 1.63 bits per heavy atom. The molecule has 0 aliphatic carbocycles. The first-order valence-electron chi connectivity index (χ1n) is 10.3. The molecule has 0 aliphatic heterocycles. The van der Waals surface area contributed by atoms with Crippen LogP contribution in [0.4, 0.5) is 0 Å². The second kappa shape index (κ2) is 7.85. The van der Waals surface area contributed by atoms with Gasteiger partial charge in [-0.15, -0.1) is 0 Å². The van der Waals surface area contributed by atoms with Crippen LogP contribution in [0.2, 0.25) is 0 Å². The Kier molecular flexibility index (Phi) is 4.90. The molecule has 0 spiro atoms.